The number of carbonyl (C=O) groups is 2. The van der Waals surface area contributed by atoms with Crippen molar-refractivity contribution in [2.75, 3.05) is 63.7 Å². The Morgan fingerprint density at radius 2 is 1.74 bits per heavy atom. The summed E-state index contributed by atoms with van der Waals surface area (Å²) in [5, 5.41) is 0. The Kier molecular flexibility index (Phi) is 6.35. The van der Waals surface area contributed by atoms with Crippen LogP contribution >= 0.6 is 15.9 Å². The molecule has 1 aromatic carbocycles. The first-order valence-corrected chi connectivity index (χ1v) is 9.23. The molecule has 0 aromatic heterocycles. The quantitative estimate of drug-likeness (QED) is 0.654. The number of carbonyl (C=O) groups excluding carboxylic acids is 2. The molecule has 1 aromatic rings. The van der Waals surface area contributed by atoms with Crippen LogP contribution in [0.3, 0.4) is 0 Å². The van der Waals surface area contributed by atoms with Crippen LogP contribution < -0.4 is 9.80 Å². The van der Waals surface area contributed by atoms with Crippen LogP contribution in [0.15, 0.2) is 33.9 Å². The highest BCUT2D eigenvalue weighted by atomic mass is 79.9. The predicted octanol–water partition coefficient (Wildman–Crippen LogP) is 1.68. The lowest BCUT2D eigenvalue weighted by Gasteiger charge is -2.36. The number of esters is 2. The molecular formula is C18H21BrN2O6. The zero-order valence-electron chi connectivity index (χ0n) is 15.2. The third-order valence-electron chi connectivity index (χ3n) is 4.41. The summed E-state index contributed by atoms with van der Waals surface area (Å²) in [4.78, 5) is 28.5. The highest BCUT2D eigenvalue weighted by Crippen LogP contribution is 2.37. The van der Waals surface area contributed by atoms with Crippen molar-refractivity contribution in [3.63, 3.8) is 0 Å². The van der Waals surface area contributed by atoms with Crippen LogP contribution in [-0.4, -0.2) is 65.8 Å². The fraction of sp³-hybridized carbons (Fsp3) is 0.444. The molecule has 0 radical (unpaired) electrons. The standard InChI is InChI=1S/C18H21BrN2O6/c1-24-17(22)13-10-27-11-21(16(13)18(23)25-2)15-9-12(19)3-4-14(15)20-5-7-26-8-6-20/h3-4,9H,5-8,10-11H2,1-2H3. The lowest BCUT2D eigenvalue weighted by Crippen LogP contribution is -2.41. The van der Waals surface area contributed by atoms with Crippen molar-refractivity contribution < 1.29 is 28.5 Å². The van der Waals surface area contributed by atoms with Crippen LogP contribution in [0.2, 0.25) is 0 Å². The van der Waals surface area contributed by atoms with Crippen LogP contribution in [0.5, 0.6) is 0 Å². The fourth-order valence-electron chi connectivity index (χ4n) is 3.12. The maximum absolute atomic E-state index is 12.5. The van der Waals surface area contributed by atoms with Crippen molar-refractivity contribution in [2.45, 2.75) is 0 Å². The summed E-state index contributed by atoms with van der Waals surface area (Å²) in [7, 11) is 2.54. The number of morpholine rings is 1. The minimum Gasteiger partial charge on any atom is -0.466 e. The molecule has 0 amide bonds. The van der Waals surface area contributed by atoms with Crippen molar-refractivity contribution in [2.24, 2.45) is 0 Å². The van der Waals surface area contributed by atoms with Gasteiger partial charge in [-0.1, -0.05) is 15.9 Å². The molecule has 8 nitrogen and oxygen atoms in total. The molecule has 27 heavy (non-hydrogen) atoms. The number of hydrogen-bond donors (Lipinski definition) is 0. The van der Waals surface area contributed by atoms with Gasteiger partial charge in [-0.3, -0.25) is 0 Å². The SMILES string of the molecule is COC(=O)C1=C(C(=O)OC)N(c2cc(Br)ccc2N2CCOCC2)COC1. The van der Waals surface area contributed by atoms with E-state index < -0.39 is 11.9 Å². The Balaban J connectivity index is 2.11. The van der Waals surface area contributed by atoms with Gasteiger partial charge < -0.3 is 28.7 Å². The molecule has 0 aliphatic carbocycles. The molecular weight excluding hydrogens is 420 g/mol. The smallest absolute Gasteiger partial charge is 0.355 e. The molecule has 2 aliphatic heterocycles. The third-order valence-corrected chi connectivity index (χ3v) is 4.91. The lowest BCUT2D eigenvalue weighted by atomic mass is 10.1. The number of anilines is 2. The molecule has 146 valence electrons. The van der Waals surface area contributed by atoms with E-state index in [1.165, 1.54) is 14.2 Å². The van der Waals surface area contributed by atoms with E-state index in [4.69, 9.17) is 18.9 Å². The van der Waals surface area contributed by atoms with Gasteiger partial charge in [0.2, 0.25) is 0 Å². The molecule has 0 spiro atoms. The molecule has 2 heterocycles. The molecule has 1 fully saturated rings. The highest BCUT2D eigenvalue weighted by Gasteiger charge is 2.34. The van der Waals surface area contributed by atoms with Gasteiger partial charge in [-0.15, -0.1) is 0 Å². The minimum atomic E-state index is -0.622. The predicted molar refractivity (Wildman–Crippen MR) is 102 cm³/mol. The van der Waals surface area contributed by atoms with Gasteiger partial charge in [0.15, 0.2) is 0 Å². The highest BCUT2D eigenvalue weighted by molar-refractivity contribution is 9.10. The molecule has 9 heteroatoms. The van der Waals surface area contributed by atoms with E-state index in [1.54, 1.807) is 4.90 Å². The van der Waals surface area contributed by atoms with E-state index in [0.717, 1.165) is 28.9 Å². The normalized spacial score (nSPS) is 17.7. The monoisotopic (exact) mass is 440 g/mol. The van der Waals surface area contributed by atoms with E-state index in [0.29, 0.717) is 13.2 Å². The molecule has 0 saturated carbocycles. The van der Waals surface area contributed by atoms with Crippen LogP contribution in [0.1, 0.15) is 0 Å². The molecule has 0 atom stereocenters. The van der Waals surface area contributed by atoms with Gasteiger partial charge in [0.1, 0.15) is 12.4 Å². The van der Waals surface area contributed by atoms with Crippen LogP contribution in [-0.2, 0) is 28.5 Å². The van der Waals surface area contributed by atoms with E-state index in [9.17, 15) is 9.59 Å². The lowest BCUT2D eigenvalue weighted by molar-refractivity contribution is -0.140. The van der Waals surface area contributed by atoms with Crippen molar-refractivity contribution >= 4 is 39.2 Å². The number of benzene rings is 1. The fourth-order valence-corrected chi connectivity index (χ4v) is 3.47. The average Bonchev–Trinajstić information content (AvgIpc) is 2.72. The second-order valence-electron chi connectivity index (χ2n) is 5.95. The van der Waals surface area contributed by atoms with Crippen molar-refractivity contribution in [3.8, 4) is 0 Å². The Morgan fingerprint density at radius 1 is 1.04 bits per heavy atom. The van der Waals surface area contributed by atoms with E-state index in [-0.39, 0.29) is 24.6 Å². The van der Waals surface area contributed by atoms with Crippen molar-refractivity contribution in [1.29, 1.82) is 0 Å². The summed E-state index contributed by atoms with van der Waals surface area (Å²) >= 11 is 3.48. The summed E-state index contributed by atoms with van der Waals surface area (Å²) in [6.45, 7) is 2.79. The number of nitrogens with zero attached hydrogens (tertiary/aromatic N) is 2. The maximum atomic E-state index is 12.5. The maximum Gasteiger partial charge on any atom is 0.355 e. The zero-order chi connectivity index (χ0) is 19.4. The first-order chi connectivity index (χ1) is 13.1. The third kappa shape index (κ3) is 4.10. The zero-order valence-corrected chi connectivity index (χ0v) is 16.8. The van der Waals surface area contributed by atoms with Gasteiger partial charge in [0.05, 0.1) is 51.0 Å². The summed E-state index contributed by atoms with van der Waals surface area (Å²) in [5.41, 5.74) is 1.90. The van der Waals surface area contributed by atoms with Gasteiger partial charge in [-0.05, 0) is 18.2 Å². The first-order valence-electron chi connectivity index (χ1n) is 8.44. The molecule has 0 unspecified atom stereocenters. The molecule has 0 bridgehead atoms. The molecule has 3 rings (SSSR count). The summed E-state index contributed by atoms with van der Waals surface area (Å²) < 4.78 is 21.6. The Labute approximate surface area is 165 Å². The summed E-state index contributed by atoms with van der Waals surface area (Å²) in [6, 6.07) is 5.78. The Bertz CT molecular complexity index is 760. The van der Waals surface area contributed by atoms with Gasteiger partial charge in [0, 0.05) is 17.6 Å². The average molecular weight is 441 g/mol. The second-order valence-corrected chi connectivity index (χ2v) is 6.86. The number of halogens is 1. The van der Waals surface area contributed by atoms with Crippen molar-refractivity contribution in [1.82, 2.24) is 0 Å². The Morgan fingerprint density at radius 3 is 2.41 bits per heavy atom. The van der Waals surface area contributed by atoms with E-state index in [2.05, 4.69) is 20.8 Å². The largest absolute Gasteiger partial charge is 0.466 e. The number of methoxy groups -OCH3 is 2. The van der Waals surface area contributed by atoms with Gasteiger partial charge in [0.25, 0.3) is 0 Å². The van der Waals surface area contributed by atoms with E-state index >= 15 is 0 Å². The molecule has 1 saturated heterocycles. The van der Waals surface area contributed by atoms with Crippen molar-refractivity contribution in [3.05, 3.63) is 33.9 Å². The van der Waals surface area contributed by atoms with Crippen LogP contribution in [0, 0.1) is 0 Å². The topological polar surface area (TPSA) is 77.5 Å². The minimum absolute atomic E-state index is 0.0193. The summed E-state index contributed by atoms with van der Waals surface area (Å²) in [6.07, 6.45) is 0. The summed E-state index contributed by atoms with van der Waals surface area (Å²) in [5.74, 6) is -1.24. The van der Waals surface area contributed by atoms with Crippen LogP contribution in [0.25, 0.3) is 0 Å². The molecule has 0 N–H and O–H groups in total. The van der Waals surface area contributed by atoms with Gasteiger partial charge in [-0.25, -0.2) is 9.59 Å². The number of hydrogen-bond acceptors (Lipinski definition) is 8. The van der Waals surface area contributed by atoms with Gasteiger partial charge >= 0.3 is 11.9 Å². The van der Waals surface area contributed by atoms with E-state index in [1.807, 2.05) is 18.2 Å². The van der Waals surface area contributed by atoms with Gasteiger partial charge in [-0.2, -0.15) is 0 Å². The number of ether oxygens (including phenoxy) is 4. The first kappa shape index (κ1) is 19.7. The van der Waals surface area contributed by atoms with Crippen LogP contribution in [0.4, 0.5) is 11.4 Å². The second kappa shape index (κ2) is 8.73. The number of rotatable bonds is 4. The molecule has 2 aliphatic rings. The Hall–Kier alpha value is -2.10.